The van der Waals surface area contributed by atoms with Crippen molar-refractivity contribution in [1.82, 2.24) is 9.97 Å². The second kappa shape index (κ2) is 9.71. The fourth-order valence-electron chi connectivity index (χ4n) is 3.64. The van der Waals surface area contributed by atoms with Crippen LogP contribution in [0, 0.1) is 0 Å². The summed E-state index contributed by atoms with van der Waals surface area (Å²) in [6.07, 6.45) is 0. The first-order valence-corrected chi connectivity index (χ1v) is 17.7. The second-order valence-corrected chi connectivity index (χ2v) is 16.6. The van der Waals surface area contributed by atoms with Gasteiger partial charge in [-0.1, -0.05) is 81.4 Å². The van der Waals surface area contributed by atoms with Gasteiger partial charge >= 0.3 is 0 Å². The molecule has 0 amide bonds. The summed E-state index contributed by atoms with van der Waals surface area (Å²) in [6, 6.07) is 25.9. The molecule has 1 heterocycles. The third kappa shape index (κ3) is 5.64. The van der Waals surface area contributed by atoms with Crippen LogP contribution in [-0.4, -0.2) is 43.3 Å². The first-order valence-electron chi connectivity index (χ1n) is 11.0. The van der Waals surface area contributed by atoms with Crippen molar-refractivity contribution in [2.45, 2.75) is 0 Å². The lowest BCUT2D eigenvalue weighted by Gasteiger charge is -2.12. The minimum atomic E-state index is -2.33. The minimum absolute atomic E-state index is 0.614. The highest BCUT2D eigenvalue weighted by Gasteiger charge is 2.15. The molecule has 1 aromatic heterocycles. The molecule has 0 radical (unpaired) electrons. The minimum Gasteiger partial charge on any atom is -0.319 e. The van der Waals surface area contributed by atoms with Crippen LogP contribution in [0.4, 0.5) is 0 Å². The summed E-state index contributed by atoms with van der Waals surface area (Å²) in [5, 5.41) is 2.99. The topological polar surface area (TPSA) is 59.9 Å². The van der Waals surface area contributed by atoms with Gasteiger partial charge in [0.2, 0.25) is 0 Å². The van der Waals surface area contributed by atoms with Crippen molar-refractivity contribution < 1.29 is 9.13 Å². The first-order chi connectivity index (χ1) is 16.0. The van der Waals surface area contributed by atoms with Crippen molar-refractivity contribution in [3.8, 4) is 33.9 Å². The van der Waals surface area contributed by atoms with Gasteiger partial charge in [-0.3, -0.25) is 0 Å². The van der Waals surface area contributed by atoms with Crippen LogP contribution >= 0.6 is 22.9 Å². The molecule has 0 aliphatic carbocycles. The summed E-state index contributed by atoms with van der Waals surface area (Å²) in [5.41, 5.74) is 4.48. The molecule has 174 valence electrons. The Bertz CT molecular complexity index is 1320. The number of benzene rings is 3. The second-order valence-electron chi connectivity index (χ2n) is 9.08. The number of aromatic nitrogens is 2. The smallest absolute Gasteiger partial charge is 0.160 e. The molecule has 34 heavy (non-hydrogen) atoms. The Kier molecular flexibility index (Phi) is 7.07. The molecule has 0 N–H and O–H groups in total. The molecule has 1 unspecified atom stereocenters. The van der Waals surface area contributed by atoms with Crippen molar-refractivity contribution in [3.63, 3.8) is 0 Å². The van der Waals surface area contributed by atoms with Gasteiger partial charge in [0.15, 0.2) is 5.82 Å². The fraction of sp³-hybridized carbons (Fsp3) is 0.185. The quantitative estimate of drug-likeness (QED) is 0.305. The van der Waals surface area contributed by atoms with E-state index in [1.807, 2.05) is 54.6 Å². The maximum Gasteiger partial charge on any atom is 0.160 e. The Labute approximate surface area is 203 Å². The largest absolute Gasteiger partial charge is 0.319 e. The monoisotopic (exact) mass is 506 g/mol. The maximum atomic E-state index is 12.4. The van der Waals surface area contributed by atoms with Crippen molar-refractivity contribution in [2.75, 3.05) is 33.3 Å². The summed E-state index contributed by atoms with van der Waals surface area (Å²) >= 11 is 0. The third-order valence-corrected chi connectivity index (χ3v) is 9.72. The summed E-state index contributed by atoms with van der Waals surface area (Å²) in [4.78, 5) is 9.75. The highest BCUT2D eigenvalue weighted by atomic mass is 31.2. The van der Waals surface area contributed by atoms with Gasteiger partial charge < -0.3 is 9.13 Å². The van der Waals surface area contributed by atoms with Crippen LogP contribution < -0.4 is 15.9 Å². The van der Waals surface area contributed by atoms with Crippen LogP contribution in [0.25, 0.3) is 33.9 Å². The lowest BCUT2D eigenvalue weighted by atomic mass is 10.1. The average Bonchev–Trinajstić information content (AvgIpc) is 2.83. The van der Waals surface area contributed by atoms with Crippen LogP contribution in [0.3, 0.4) is 0 Å². The molecule has 1 atom stereocenters. The van der Waals surface area contributed by atoms with E-state index in [0.29, 0.717) is 5.82 Å². The molecular formula is C27H29N2O2P3. The van der Waals surface area contributed by atoms with Gasteiger partial charge in [-0.15, -0.1) is 0 Å². The molecular weight excluding hydrogens is 477 g/mol. The molecule has 0 saturated carbocycles. The normalized spacial score (nSPS) is 12.4. The van der Waals surface area contributed by atoms with Crippen molar-refractivity contribution in [2.24, 2.45) is 0 Å². The highest BCUT2D eigenvalue weighted by Crippen LogP contribution is 2.36. The summed E-state index contributed by atoms with van der Waals surface area (Å²) in [7, 11) is -3.92. The number of rotatable bonds is 6. The molecule has 0 bridgehead atoms. The molecule has 4 aromatic rings. The Morgan fingerprint density at radius 1 is 0.588 bits per heavy atom. The lowest BCUT2D eigenvalue weighted by molar-refractivity contribution is 0.587. The zero-order chi connectivity index (χ0) is 24.5. The fourth-order valence-corrected chi connectivity index (χ4v) is 5.87. The van der Waals surface area contributed by atoms with E-state index < -0.39 is 14.3 Å². The molecule has 7 heteroatoms. The third-order valence-electron chi connectivity index (χ3n) is 5.73. The van der Waals surface area contributed by atoms with E-state index in [1.54, 1.807) is 26.7 Å². The predicted octanol–water partition coefficient (Wildman–Crippen LogP) is 5.91. The van der Waals surface area contributed by atoms with Gasteiger partial charge in [-0.25, -0.2) is 9.97 Å². The SMILES string of the molecule is CPc1ccc(-c2cc(-c3ccc(P(C)(C)=O)cc3)nc(-c3ccc(P(C)(C)=O)cc3)n2)cc1. The number of nitrogens with zero attached hydrogens (tertiary/aromatic N) is 2. The van der Waals surface area contributed by atoms with Crippen LogP contribution in [0.2, 0.25) is 0 Å². The van der Waals surface area contributed by atoms with E-state index in [1.165, 1.54) is 5.30 Å². The van der Waals surface area contributed by atoms with E-state index in [2.05, 4.69) is 30.9 Å². The van der Waals surface area contributed by atoms with Gasteiger partial charge in [-0.2, -0.15) is 0 Å². The zero-order valence-electron chi connectivity index (χ0n) is 20.1. The maximum absolute atomic E-state index is 12.4. The number of hydrogen-bond donors (Lipinski definition) is 0. The van der Waals surface area contributed by atoms with Gasteiger partial charge in [0, 0.05) is 27.3 Å². The zero-order valence-corrected chi connectivity index (χ0v) is 22.9. The summed E-state index contributed by atoms with van der Waals surface area (Å²) in [6.45, 7) is 9.26. The molecule has 0 fully saturated rings. The van der Waals surface area contributed by atoms with Crippen LogP contribution in [-0.2, 0) is 9.13 Å². The molecule has 0 spiro atoms. The van der Waals surface area contributed by atoms with E-state index in [-0.39, 0.29) is 0 Å². The number of hydrogen-bond acceptors (Lipinski definition) is 4. The molecule has 4 nitrogen and oxygen atoms in total. The van der Waals surface area contributed by atoms with E-state index in [9.17, 15) is 9.13 Å². The summed E-state index contributed by atoms with van der Waals surface area (Å²) < 4.78 is 24.9. The van der Waals surface area contributed by atoms with Crippen molar-refractivity contribution in [3.05, 3.63) is 78.9 Å². The molecule has 0 saturated heterocycles. The van der Waals surface area contributed by atoms with Crippen LogP contribution in [0.5, 0.6) is 0 Å². The first kappa shape index (κ1) is 24.7. The van der Waals surface area contributed by atoms with Crippen LogP contribution in [0.1, 0.15) is 0 Å². The van der Waals surface area contributed by atoms with Gasteiger partial charge in [0.05, 0.1) is 11.4 Å². The standard InChI is InChI=1S/C27H29N2O2P3/c1-32-22-12-6-19(7-13-22)25-18-26(20-8-14-23(15-9-20)33(2,3)30)29-27(28-25)21-10-16-24(17-11-21)34(4,5)31/h6-18,32H,1-5H3. The van der Waals surface area contributed by atoms with Gasteiger partial charge in [-0.05, 0) is 44.7 Å². The predicted molar refractivity (Wildman–Crippen MR) is 150 cm³/mol. The van der Waals surface area contributed by atoms with E-state index >= 15 is 0 Å². The highest BCUT2D eigenvalue weighted by molar-refractivity contribution is 7.70. The molecule has 0 aliphatic rings. The van der Waals surface area contributed by atoms with Gasteiger partial charge in [0.1, 0.15) is 14.3 Å². The Hall–Kier alpha value is -2.37. The Morgan fingerprint density at radius 3 is 1.35 bits per heavy atom. The lowest BCUT2D eigenvalue weighted by Crippen LogP contribution is -2.03. The Balaban J connectivity index is 1.84. The molecule has 0 aliphatic heterocycles. The van der Waals surface area contributed by atoms with Crippen molar-refractivity contribution >= 4 is 38.8 Å². The van der Waals surface area contributed by atoms with E-state index in [4.69, 9.17) is 9.97 Å². The van der Waals surface area contributed by atoms with Crippen molar-refractivity contribution in [1.29, 1.82) is 0 Å². The molecule has 3 aromatic carbocycles. The van der Waals surface area contributed by atoms with E-state index in [0.717, 1.165) is 47.3 Å². The molecule has 4 rings (SSSR count). The van der Waals surface area contributed by atoms with Gasteiger partial charge in [0.25, 0.3) is 0 Å². The average molecular weight is 506 g/mol. The summed E-state index contributed by atoms with van der Waals surface area (Å²) in [5.74, 6) is 0.614. The van der Waals surface area contributed by atoms with Crippen LogP contribution in [0.15, 0.2) is 78.9 Å². The Morgan fingerprint density at radius 2 is 0.971 bits per heavy atom.